The maximum absolute atomic E-state index is 12.4. The summed E-state index contributed by atoms with van der Waals surface area (Å²) >= 11 is 0. The molecule has 27 heavy (non-hydrogen) atoms. The number of allylic oxidation sites excluding steroid dienone is 1. The van der Waals surface area contributed by atoms with Crippen LogP contribution in [0.2, 0.25) is 0 Å². The van der Waals surface area contributed by atoms with Gasteiger partial charge in [-0.05, 0) is 30.0 Å². The van der Waals surface area contributed by atoms with Crippen molar-refractivity contribution in [3.8, 4) is 5.75 Å². The Balaban J connectivity index is 1.68. The number of hydrogen-bond donors (Lipinski definition) is 0. The van der Waals surface area contributed by atoms with E-state index in [-0.39, 0.29) is 23.0 Å². The molecule has 1 atom stereocenters. The first-order valence-corrected chi connectivity index (χ1v) is 10.5. The van der Waals surface area contributed by atoms with E-state index in [0.29, 0.717) is 6.42 Å². The second kappa shape index (κ2) is 7.49. The largest absolute Gasteiger partial charge is 0.487 e. The van der Waals surface area contributed by atoms with Crippen LogP contribution in [0.25, 0.3) is 6.08 Å². The van der Waals surface area contributed by atoms with Crippen LogP contribution in [-0.4, -0.2) is 21.1 Å². The van der Waals surface area contributed by atoms with Crippen LogP contribution in [0.4, 0.5) is 0 Å². The third-order valence-corrected chi connectivity index (χ3v) is 5.64. The highest BCUT2D eigenvalue weighted by Gasteiger charge is 2.27. The summed E-state index contributed by atoms with van der Waals surface area (Å²) in [6.07, 6.45) is 4.52. The lowest BCUT2D eigenvalue weighted by atomic mass is 9.95. The summed E-state index contributed by atoms with van der Waals surface area (Å²) in [7, 11) is -3.79. The molecule has 1 aliphatic rings. The van der Waals surface area contributed by atoms with Gasteiger partial charge in [-0.3, -0.25) is 4.18 Å². The Kier molecular flexibility index (Phi) is 5.45. The Morgan fingerprint density at radius 2 is 1.85 bits per heavy atom. The minimum atomic E-state index is -3.79. The highest BCUT2D eigenvalue weighted by Crippen LogP contribution is 2.34. The van der Waals surface area contributed by atoms with Crippen LogP contribution in [0.15, 0.2) is 53.4 Å². The molecule has 0 saturated carbocycles. The van der Waals surface area contributed by atoms with E-state index in [1.165, 1.54) is 0 Å². The summed E-state index contributed by atoms with van der Waals surface area (Å²) in [5.41, 5.74) is 3.16. The second-order valence-electron chi connectivity index (χ2n) is 8.03. The van der Waals surface area contributed by atoms with Gasteiger partial charge < -0.3 is 4.74 Å². The molecule has 0 aromatic heterocycles. The van der Waals surface area contributed by atoms with Gasteiger partial charge in [0.2, 0.25) is 0 Å². The van der Waals surface area contributed by atoms with Crippen molar-refractivity contribution in [1.29, 1.82) is 0 Å². The average molecular weight is 387 g/mol. The molecule has 1 heterocycles. The predicted octanol–water partition coefficient (Wildman–Crippen LogP) is 4.76. The Hall–Kier alpha value is -2.11. The monoisotopic (exact) mass is 386 g/mol. The lowest BCUT2D eigenvalue weighted by molar-refractivity contribution is 0.152. The van der Waals surface area contributed by atoms with Crippen molar-refractivity contribution in [2.24, 2.45) is 5.41 Å². The zero-order valence-corrected chi connectivity index (χ0v) is 17.0. The number of hydrogen-bond acceptors (Lipinski definition) is 4. The molecule has 2 aromatic rings. The first kappa shape index (κ1) is 19.6. The van der Waals surface area contributed by atoms with E-state index in [1.54, 1.807) is 24.3 Å². The molecule has 144 valence electrons. The van der Waals surface area contributed by atoms with E-state index in [0.717, 1.165) is 22.4 Å². The summed E-state index contributed by atoms with van der Waals surface area (Å²) in [5, 5.41) is 0. The van der Waals surface area contributed by atoms with E-state index >= 15 is 0 Å². The smallest absolute Gasteiger partial charge is 0.297 e. The molecule has 0 amide bonds. The van der Waals surface area contributed by atoms with Crippen molar-refractivity contribution in [2.45, 2.75) is 45.1 Å². The Bertz CT molecular complexity index is 935. The number of rotatable bonds is 5. The van der Waals surface area contributed by atoms with Gasteiger partial charge in [-0.25, -0.2) is 0 Å². The van der Waals surface area contributed by atoms with Crippen molar-refractivity contribution < 1.29 is 17.3 Å². The zero-order chi connectivity index (χ0) is 19.7. The molecule has 0 spiro atoms. The summed E-state index contributed by atoms with van der Waals surface area (Å²) in [6.45, 7) is 8.32. The Morgan fingerprint density at radius 1 is 1.15 bits per heavy atom. The minimum Gasteiger partial charge on any atom is -0.487 e. The highest BCUT2D eigenvalue weighted by molar-refractivity contribution is 7.86. The van der Waals surface area contributed by atoms with Gasteiger partial charge in [-0.15, -0.1) is 0 Å². The lowest BCUT2D eigenvalue weighted by Gasteiger charge is -2.14. The summed E-state index contributed by atoms with van der Waals surface area (Å²) < 4.78 is 36.0. The van der Waals surface area contributed by atoms with Gasteiger partial charge >= 0.3 is 0 Å². The van der Waals surface area contributed by atoms with Crippen molar-refractivity contribution in [2.75, 3.05) is 6.61 Å². The molecule has 1 aliphatic heterocycles. The van der Waals surface area contributed by atoms with Crippen LogP contribution < -0.4 is 4.74 Å². The van der Waals surface area contributed by atoms with Crippen LogP contribution in [-0.2, 0) is 20.7 Å². The number of aryl methyl sites for hydroxylation is 1. The second-order valence-corrected chi connectivity index (χ2v) is 9.65. The number of fused-ring (bicyclic) bond motifs is 1. The molecule has 3 rings (SSSR count). The molecular formula is C22H26O4S. The SMILES string of the molecule is Cc1ccc(S(=O)(=O)OCC2Cc3cccc(C=CC(C)(C)C)c3O2)cc1. The van der Waals surface area contributed by atoms with Crippen LogP contribution in [0.3, 0.4) is 0 Å². The third kappa shape index (κ3) is 4.99. The first-order valence-electron chi connectivity index (χ1n) is 9.08. The molecule has 1 unspecified atom stereocenters. The van der Waals surface area contributed by atoms with Crippen molar-refractivity contribution >= 4 is 16.2 Å². The maximum Gasteiger partial charge on any atom is 0.297 e. The Morgan fingerprint density at radius 3 is 2.52 bits per heavy atom. The third-order valence-electron chi connectivity index (χ3n) is 4.34. The van der Waals surface area contributed by atoms with E-state index < -0.39 is 10.1 Å². The van der Waals surface area contributed by atoms with E-state index in [1.807, 2.05) is 25.1 Å². The summed E-state index contributed by atoms with van der Waals surface area (Å²) in [6, 6.07) is 12.6. The number of ether oxygens (including phenoxy) is 1. The molecular weight excluding hydrogens is 360 g/mol. The van der Waals surface area contributed by atoms with Crippen molar-refractivity contribution in [3.05, 3.63) is 65.2 Å². The van der Waals surface area contributed by atoms with E-state index in [2.05, 4.69) is 32.9 Å². The fourth-order valence-corrected chi connectivity index (χ4v) is 3.80. The number of para-hydroxylation sites is 1. The molecule has 0 aliphatic carbocycles. The molecule has 0 N–H and O–H groups in total. The van der Waals surface area contributed by atoms with E-state index in [9.17, 15) is 8.42 Å². The molecule has 0 radical (unpaired) electrons. The fourth-order valence-electron chi connectivity index (χ4n) is 2.87. The van der Waals surface area contributed by atoms with Crippen molar-refractivity contribution in [3.63, 3.8) is 0 Å². The summed E-state index contributed by atoms with van der Waals surface area (Å²) in [4.78, 5) is 0.164. The normalized spacial score (nSPS) is 17.1. The van der Waals surface area contributed by atoms with Crippen LogP contribution in [0, 0.1) is 12.3 Å². The first-order chi connectivity index (χ1) is 12.6. The van der Waals surface area contributed by atoms with E-state index in [4.69, 9.17) is 8.92 Å². The standard InChI is InChI=1S/C22H26O4S/c1-16-8-10-20(11-9-16)27(23,24)25-15-19-14-18-7-5-6-17(21(18)26-19)12-13-22(2,3)4/h5-13,19H,14-15H2,1-4H3. The van der Waals surface area contributed by atoms with Gasteiger partial charge in [0.25, 0.3) is 10.1 Å². The quantitative estimate of drug-likeness (QED) is 0.695. The van der Waals surface area contributed by atoms with Gasteiger partial charge in [0.15, 0.2) is 0 Å². The van der Waals surface area contributed by atoms with Gasteiger partial charge in [0.05, 0.1) is 4.90 Å². The summed E-state index contributed by atoms with van der Waals surface area (Å²) in [5.74, 6) is 0.819. The Labute approximate surface area is 162 Å². The minimum absolute atomic E-state index is 0.00663. The van der Waals surface area contributed by atoms with Crippen LogP contribution in [0.5, 0.6) is 5.75 Å². The van der Waals surface area contributed by atoms with Gasteiger partial charge in [0, 0.05) is 12.0 Å². The van der Waals surface area contributed by atoms with Gasteiger partial charge in [-0.1, -0.05) is 68.8 Å². The fraction of sp³-hybridized carbons (Fsp3) is 0.364. The van der Waals surface area contributed by atoms with Crippen LogP contribution in [0.1, 0.15) is 37.5 Å². The van der Waals surface area contributed by atoms with Crippen LogP contribution >= 0.6 is 0 Å². The molecule has 5 heteroatoms. The molecule has 2 aromatic carbocycles. The average Bonchev–Trinajstić information content (AvgIpc) is 3.02. The van der Waals surface area contributed by atoms with Crippen molar-refractivity contribution in [1.82, 2.24) is 0 Å². The topological polar surface area (TPSA) is 52.6 Å². The zero-order valence-electron chi connectivity index (χ0n) is 16.2. The highest BCUT2D eigenvalue weighted by atomic mass is 32.2. The van der Waals surface area contributed by atoms with Gasteiger partial charge in [0.1, 0.15) is 18.5 Å². The molecule has 0 saturated heterocycles. The molecule has 0 bridgehead atoms. The molecule has 0 fully saturated rings. The predicted molar refractivity (Wildman–Crippen MR) is 107 cm³/mol. The van der Waals surface area contributed by atoms with Gasteiger partial charge in [-0.2, -0.15) is 8.42 Å². The maximum atomic E-state index is 12.4. The number of benzene rings is 2. The molecule has 4 nitrogen and oxygen atoms in total. The lowest BCUT2D eigenvalue weighted by Crippen LogP contribution is -2.23.